The maximum absolute atomic E-state index is 13.7. The molecule has 6 heteroatoms. The van der Waals surface area contributed by atoms with E-state index in [4.69, 9.17) is 4.74 Å². The van der Waals surface area contributed by atoms with E-state index in [0.717, 1.165) is 38.1 Å². The molecule has 2 aliphatic rings. The minimum Gasteiger partial charge on any atom is -0.488 e. The van der Waals surface area contributed by atoms with Crippen molar-refractivity contribution < 1.29 is 13.9 Å². The van der Waals surface area contributed by atoms with E-state index >= 15 is 0 Å². The van der Waals surface area contributed by atoms with Gasteiger partial charge in [0.05, 0.1) is 0 Å². The van der Waals surface area contributed by atoms with Gasteiger partial charge in [0.1, 0.15) is 12.4 Å². The molecule has 5 nitrogen and oxygen atoms in total. The van der Waals surface area contributed by atoms with Gasteiger partial charge in [-0.3, -0.25) is 4.79 Å². The minimum absolute atomic E-state index is 0.166. The molecular weight excluding hydrogens is 357 g/mol. The normalized spacial score (nSPS) is 22.1. The highest BCUT2D eigenvalue weighted by atomic mass is 19.1. The van der Waals surface area contributed by atoms with Crippen molar-refractivity contribution in [2.45, 2.75) is 50.8 Å². The minimum atomic E-state index is -0.483. The van der Waals surface area contributed by atoms with Crippen LogP contribution in [-0.2, 0) is 11.4 Å². The molecule has 2 atom stereocenters. The van der Waals surface area contributed by atoms with E-state index in [-0.39, 0.29) is 12.5 Å². The van der Waals surface area contributed by atoms with Crippen LogP contribution in [0.25, 0.3) is 0 Å². The summed E-state index contributed by atoms with van der Waals surface area (Å²) >= 11 is 0. The van der Waals surface area contributed by atoms with Crippen molar-refractivity contribution in [2.24, 2.45) is 0 Å². The Morgan fingerprint density at radius 1 is 1.25 bits per heavy atom. The Bertz CT molecular complexity index is 836. The average molecular weight is 383 g/mol. The first-order valence-electron chi connectivity index (χ1n) is 9.94. The third-order valence-corrected chi connectivity index (χ3v) is 5.72. The lowest BCUT2D eigenvalue weighted by molar-refractivity contribution is -0.129. The Hall–Kier alpha value is -2.47. The highest BCUT2D eigenvalue weighted by Gasteiger charge is 2.41. The summed E-state index contributed by atoms with van der Waals surface area (Å²) in [6, 6.07) is 12.3. The van der Waals surface area contributed by atoms with Crippen LogP contribution in [0.1, 0.15) is 43.2 Å². The predicted octanol–water partition coefficient (Wildman–Crippen LogP) is 3.26. The van der Waals surface area contributed by atoms with Crippen LogP contribution in [0.5, 0.6) is 5.75 Å². The summed E-state index contributed by atoms with van der Waals surface area (Å²) in [5.74, 6) is 0.911. The fourth-order valence-corrected chi connectivity index (χ4v) is 3.99. The van der Waals surface area contributed by atoms with Crippen molar-refractivity contribution in [1.82, 2.24) is 15.2 Å². The maximum Gasteiger partial charge on any atom is 0.219 e. The summed E-state index contributed by atoms with van der Waals surface area (Å²) in [5, 5.41) is 3.75. The number of nitrogens with one attached hydrogen (secondary N) is 1. The Morgan fingerprint density at radius 2 is 2.04 bits per heavy atom. The predicted molar refractivity (Wildman–Crippen MR) is 105 cm³/mol. The molecule has 1 saturated heterocycles. The zero-order chi connectivity index (χ0) is 19.5. The van der Waals surface area contributed by atoms with Crippen LogP contribution in [-0.4, -0.2) is 41.0 Å². The lowest BCUT2D eigenvalue weighted by Gasteiger charge is -2.32. The van der Waals surface area contributed by atoms with E-state index in [0.29, 0.717) is 23.6 Å². The molecule has 1 aliphatic carbocycles. The van der Waals surface area contributed by atoms with Gasteiger partial charge in [0.25, 0.3) is 0 Å². The van der Waals surface area contributed by atoms with Crippen LogP contribution in [0.4, 0.5) is 4.39 Å². The molecule has 2 heterocycles. The molecule has 1 aromatic carbocycles. The standard InChI is InChI=1S/C22H26FN3O2/c1-15(27)26-11-8-17(9-12-26)25-20-13-19(20)18-6-2-3-7-21(18)28-14-16-5-4-10-24-22(16)23/h2-7,10,17,19-20,25H,8-9,11-14H2,1H3/t19-,20+/m0/s1. The van der Waals surface area contributed by atoms with E-state index in [1.807, 2.05) is 23.1 Å². The number of halogens is 1. The van der Waals surface area contributed by atoms with Crippen molar-refractivity contribution in [2.75, 3.05) is 13.1 Å². The number of rotatable bonds is 6. The summed E-state index contributed by atoms with van der Waals surface area (Å²) in [4.78, 5) is 17.1. The second-order valence-corrected chi connectivity index (χ2v) is 7.68. The van der Waals surface area contributed by atoms with Crippen LogP contribution in [0, 0.1) is 5.95 Å². The Balaban J connectivity index is 1.33. The van der Waals surface area contributed by atoms with Gasteiger partial charge >= 0.3 is 0 Å². The Morgan fingerprint density at radius 3 is 2.79 bits per heavy atom. The van der Waals surface area contributed by atoms with Crippen LogP contribution in [0.2, 0.25) is 0 Å². The number of carbonyl (C=O) groups is 1. The second-order valence-electron chi connectivity index (χ2n) is 7.68. The van der Waals surface area contributed by atoms with E-state index < -0.39 is 5.95 Å². The van der Waals surface area contributed by atoms with Gasteiger partial charge in [-0.05, 0) is 43.0 Å². The third-order valence-electron chi connectivity index (χ3n) is 5.72. The number of piperidine rings is 1. The van der Waals surface area contributed by atoms with Crippen molar-refractivity contribution in [3.05, 3.63) is 59.7 Å². The first-order valence-corrected chi connectivity index (χ1v) is 9.94. The number of hydrogen-bond acceptors (Lipinski definition) is 4. The van der Waals surface area contributed by atoms with Gasteiger partial charge in [0, 0.05) is 49.8 Å². The monoisotopic (exact) mass is 383 g/mol. The molecule has 1 saturated carbocycles. The molecule has 28 heavy (non-hydrogen) atoms. The molecule has 148 valence electrons. The molecule has 0 radical (unpaired) electrons. The van der Waals surface area contributed by atoms with Crippen LogP contribution in [0.15, 0.2) is 42.6 Å². The van der Waals surface area contributed by atoms with Crippen molar-refractivity contribution >= 4 is 5.91 Å². The molecule has 1 aliphatic heterocycles. The molecule has 0 spiro atoms. The van der Waals surface area contributed by atoms with Crippen molar-refractivity contribution in [1.29, 1.82) is 0 Å². The number of likely N-dealkylation sites (tertiary alicyclic amines) is 1. The van der Waals surface area contributed by atoms with Crippen molar-refractivity contribution in [3.8, 4) is 5.75 Å². The zero-order valence-electron chi connectivity index (χ0n) is 16.1. The lowest BCUT2D eigenvalue weighted by Crippen LogP contribution is -2.45. The van der Waals surface area contributed by atoms with Gasteiger partial charge in [-0.25, -0.2) is 4.98 Å². The van der Waals surface area contributed by atoms with E-state index in [9.17, 15) is 9.18 Å². The first-order chi connectivity index (χ1) is 13.6. The number of nitrogens with zero attached hydrogens (tertiary/aromatic N) is 2. The SMILES string of the molecule is CC(=O)N1CCC(N[C@@H]2C[C@H]2c2ccccc2OCc2cccnc2F)CC1. The van der Waals surface area contributed by atoms with Crippen molar-refractivity contribution in [3.63, 3.8) is 0 Å². The molecule has 0 bridgehead atoms. The molecule has 0 unspecified atom stereocenters. The van der Waals surface area contributed by atoms with Crippen LogP contribution < -0.4 is 10.1 Å². The number of aromatic nitrogens is 1. The summed E-state index contributed by atoms with van der Waals surface area (Å²) in [5.41, 5.74) is 1.63. The largest absolute Gasteiger partial charge is 0.488 e. The average Bonchev–Trinajstić information content (AvgIpc) is 3.47. The fourth-order valence-electron chi connectivity index (χ4n) is 3.99. The zero-order valence-corrected chi connectivity index (χ0v) is 16.1. The Labute approximate surface area is 164 Å². The maximum atomic E-state index is 13.7. The number of amides is 1. The summed E-state index contributed by atoms with van der Waals surface area (Å²) in [6.45, 7) is 3.48. The van der Waals surface area contributed by atoms with Gasteiger partial charge < -0.3 is 15.0 Å². The lowest BCUT2D eigenvalue weighted by atomic mass is 10.0. The molecular formula is C22H26FN3O2. The molecule has 2 fully saturated rings. The van der Waals surface area contributed by atoms with Gasteiger partial charge in [-0.1, -0.05) is 18.2 Å². The topological polar surface area (TPSA) is 54.5 Å². The number of hydrogen-bond donors (Lipinski definition) is 1. The number of pyridine rings is 1. The Kier molecular flexibility index (Phi) is 5.57. The molecule has 1 amide bonds. The third kappa shape index (κ3) is 4.33. The van der Waals surface area contributed by atoms with E-state index in [1.54, 1.807) is 19.1 Å². The van der Waals surface area contributed by atoms with Crippen LogP contribution >= 0.6 is 0 Å². The molecule has 1 N–H and O–H groups in total. The number of benzene rings is 1. The molecule has 2 aromatic rings. The second kappa shape index (κ2) is 8.27. The van der Waals surface area contributed by atoms with Crippen LogP contribution in [0.3, 0.4) is 0 Å². The first kappa shape index (κ1) is 18.9. The molecule has 4 rings (SSSR count). The van der Waals surface area contributed by atoms with Gasteiger partial charge in [0.2, 0.25) is 11.9 Å². The van der Waals surface area contributed by atoms with Gasteiger partial charge in [0.15, 0.2) is 0 Å². The number of ether oxygens (including phenoxy) is 1. The summed E-state index contributed by atoms with van der Waals surface area (Å²) in [6.07, 6.45) is 4.52. The smallest absolute Gasteiger partial charge is 0.219 e. The number of para-hydroxylation sites is 1. The van der Waals surface area contributed by atoms with E-state index in [2.05, 4.69) is 16.4 Å². The quantitative estimate of drug-likeness (QED) is 0.778. The van der Waals surface area contributed by atoms with E-state index in [1.165, 1.54) is 11.8 Å². The number of carbonyl (C=O) groups excluding carboxylic acids is 1. The van der Waals surface area contributed by atoms with Gasteiger partial charge in [-0.2, -0.15) is 4.39 Å². The highest BCUT2D eigenvalue weighted by Crippen LogP contribution is 2.45. The fraction of sp³-hybridized carbons (Fsp3) is 0.455. The highest BCUT2D eigenvalue weighted by molar-refractivity contribution is 5.73. The summed E-state index contributed by atoms with van der Waals surface area (Å²) in [7, 11) is 0. The summed E-state index contributed by atoms with van der Waals surface area (Å²) < 4.78 is 19.7. The molecule has 1 aromatic heterocycles. The van der Waals surface area contributed by atoms with Gasteiger partial charge in [-0.15, -0.1) is 0 Å².